The van der Waals surface area contributed by atoms with Crippen LogP contribution in [0, 0.1) is 0 Å². The number of rotatable bonds is 4. The summed E-state index contributed by atoms with van der Waals surface area (Å²) in [4.78, 5) is 12.5. The lowest BCUT2D eigenvalue weighted by atomic mass is 9.97. The van der Waals surface area contributed by atoms with Crippen molar-refractivity contribution in [2.24, 2.45) is 0 Å². The maximum Gasteiger partial charge on any atom is 0.255 e. The highest BCUT2D eigenvalue weighted by Crippen LogP contribution is 2.27. The van der Waals surface area contributed by atoms with Gasteiger partial charge in [0, 0.05) is 11.3 Å². The lowest BCUT2D eigenvalue weighted by Crippen LogP contribution is -2.13. The average molecular weight is 311 g/mol. The van der Waals surface area contributed by atoms with E-state index in [1.165, 1.54) is 0 Å². The minimum absolute atomic E-state index is 0.120. The van der Waals surface area contributed by atoms with Gasteiger partial charge in [0.25, 0.3) is 5.91 Å². The molecule has 1 heterocycles. The van der Waals surface area contributed by atoms with Crippen LogP contribution >= 0.6 is 11.7 Å². The molecule has 0 aliphatic carbocycles. The van der Waals surface area contributed by atoms with Crippen molar-refractivity contribution < 1.29 is 4.79 Å². The number of benzene rings is 2. The number of para-hydroxylation sites is 1. The molecule has 112 valence electrons. The van der Waals surface area contributed by atoms with Crippen molar-refractivity contribution in [3.8, 4) is 0 Å². The Morgan fingerprint density at radius 2 is 1.95 bits per heavy atom. The summed E-state index contributed by atoms with van der Waals surface area (Å²) < 4.78 is 8.33. The molecule has 0 saturated heterocycles. The second-order valence-corrected chi connectivity index (χ2v) is 5.85. The molecule has 1 N–H and O–H groups in total. The first-order chi connectivity index (χ1) is 10.7. The number of carbonyl (C=O) groups excluding carboxylic acids is 1. The van der Waals surface area contributed by atoms with Gasteiger partial charge in [-0.1, -0.05) is 32.0 Å². The lowest BCUT2D eigenvalue weighted by Gasteiger charge is -2.15. The van der Waals surface area contributed by atoms with E-state index in [0.717, 1.165) is 40.4 Å². The molecule has 1 amide bonds. The molecule has 3 rings (SSSR count). The van der Waals surface area contributed by atoms with E-state index in [1.54, 1.807) is 12.1 Å². The van der Waals surface area contributed by atoms with Gasteiger partial charge < -0.3 is 5.32 Å². The fourth-order valence-electron chi connectivity index (χ4n) is 2.38. The molecule has 0 fully saturated rings. The quantitative estimate of drug-likeness (QED) is 0.774. The Hall–Kier alpha value is -2.27. The molecule has 0 unspecified atom stereocenters. The third-order valence-corrected chi connectivity index (χ3v) is 4.42. The smallest absolute Gasteiger partial charge is 0.255 e. The van der Waals surface area contributed by atoms with E-state index < -0.39 is 0 Å². The van der Waals surface area contributed by atoms with Gasteiger partial charge in [0.15, 0.2) is 0 Å². The number of anilines is 1. The van der Waals surface area contributed by atoms with Crippen molar-refractivity contribution in [2.45, 2.75) is 26.2 Å². The third-order valence-electron chi connectivity index (χ3n) is 3.87. The molecule has 3 aromatic rings. The Kier molecular flexibility index (Phi) is 4.15. The molecular weight excluding hydrogens is 294 g/mol. The summed E-state index contributed by atoms with van der Waals surface area (Å²) in [7, 11) is 0. The van der Waals surface area contributed by atoms with Crippen molar-refractivity contribution >= 4 is 34.4 Å². The number of aromatic nitrogens is 2. The lowest BCUT2D eigenvalue weighted by molar-refractivity contribution is 0.102. The number of hydrogen-bond acceptors (Lipinski definition) is 4. The van der Waals surface area contributed by atoms with E-state index in [1.807, 2.05) is 24.3 Å². The molecule has 5 heteroatoms. The van der Waals surface area contributed by atoms with Gasteiger partial charge in [0.2, 0.25) is 0 Å². The Bertz CT molecular complexity index is 812. The number of nitrogens with one attached hydrogen (secondary N) is 1. The minimum atomic E-state index is -0.120. The van der Waals surface area contributed by atoms with Gasteiger partial charge in [-0.3, -0.25) is 4.79 Å². The summed E-state index contributed by atoms with van der Waals surface area (Å²) in [6.07, 6.45) is 1.03. The fraction of sp³-hybridized carbons (Fsp3) is 0.235. The van der Waals surface area contributed by atoms with Gasteiger partial charge in [-0.15, -0.1) is 0 Å². The highest BCUT2D eigenvalue weighted by molar-refractivity contribution is 7.00. The molecule has 22 heavy (non-hydrogen) atoms. The Labute approximate surface area is 133 Å². The zero-order valence-electron chi connectivity index (χ0n) is 12.5. The van der Waals surface area contributed by atoms with E-state index >= 15 is 0 Å². The third kappa shape index (κ3) is 2.85. The first kappa shape index (κ1) is 14.7. The van der Waals surface area contributed by atoms with E-state index in [9.17, 15) is 4.79 Å². The second-order valence-electron chi connectivity index (χ2n) is 5.32. The van der Waals surface area contributed by atoms with Crippen LogP contribution in [-0.2, 0) is 0 Å². The highest BCUT2D eigenvalue weighted by atomic mass is 32.1. The molecule has 0 aliphatic heterocycles. The Balaban J connectivity index is 1.88. The highest BCUT2D eigenvalue weighted by Gasteiger charge is 2.13. The summed E-state index contributed by atoms with van der Waals surface area (Å²) in [5, 5.41) is 3.02. The van der Waals surface area contributed by atoms with Crippen LogP contribution in [0.4, 0.5) is 5.69 Å². The van der Waals surface area contributed by atoms with Gasteiger partial charge in [0.05, 0.1) is 11.7 Å². The van der Waals surface area contributed by atoms with Crippen molar-refractivity contribution in [2.75, 3.05) is 5.32 Å². The molecule has 0 aliphatic rings. The molecule has 4 nitrogen and oxygen atoms in total. The zero-order valence-corrected chi connectivity index (χ0v) is 13.4. The number of hydrogen-bond donors (Lipinski definition) is 1. The first-order valence-electron chi connectivity index (χ1n) is 7.31. The van der Waals surface area contributed by atoms with E-state index in [2.05, 4.69) is 34.0 Å². The van der Waals surface area contributed by atoms with Crippen molar-refractivity contribution in [3.63, 3.8) is 0 Å². The maximum absolute atomic E-state index is 12.5. The van der Waals surface area contributed by atoms with E-state index in [-0.39, 0.29) is 5.91 Å². The molecule has 1 atom stereocenters. The SMILES string of the molecule is CC[C@H](C)c1ccccc1NC(=O)c1ccc2nsnc2c1. The van der Waals surface area contributed by atoms with Crippen LogP contribution in [0.25, 0.3) is 11.0 Å². The van der Waals surface area contributed by atoms with Crippen molar-refractivity contribution in [1.29, 1.82) is 0 Å². The average Bonchev–Trinajstić information content (AvgIpc) is 3.02. The van der Waals surface area contributed by atoms with Crippen LogP contribution in [0.3, 0.4) is 0 Å². The summed E-state index contributed by atoms with van der Waals surface area (Å²) in [5.74, 6) is 0.285. The van der Waals surface area contributed by atoms with Crippen molar-refractivity contribution in [3.05, 3.63) is 53.6 Å². The van der Waals surface area contributed by atoms with Gasteiger partial charge in [0.1, 0.15) is 11.0 Å². The number of nitrogens with zero attached hydrogens (tertiary/aromatic N) is 2. The molecule has 0 spiro atoms. The van der Waals surface area contributed by atoms with Crippen LogP contribution in [0.15, 0.2) is 42.5 Å². The first-order valence-corrected chi connectivity index (χ1v) is 8.04. The van der Waals surface area contributed by atoms with Crippen LogP contribution in [0.5, 0.6) is 0 Å². The monoisotopic (exact) mass is 311 g/mol. The topological polar surface area (TPSA) is 54.9 Å². The number of amides is 1. The van der Waals surface area contributed by atoms with E-state index in [4.69, 9.17) is 0 Å². The molecule has 0 saturated carbocycles. The summed E-state index contributed by atoms with van der Waals surface area (Å²) in [6.45, 7) is 4.31. The van der Waals surface area contributed by atoms with Crippen LogP contribution in [0.1, 0.15) is 42.1 Å². The van der Waals surface area contributed by atoms with Gasteiger partial charge in [-0.05, 0) is 42.2 Å². The van der Waals surface area contributed by atoms with Gasteiger partial charge in [-0.2, -0.15) is 8.75 Å². The normalized spacial score (nSPS) is 12.3. The Morgan fingerprint density at radius 1 is 1.18 bits per heavy atom. The second kappa shape index (κ2) is 6.23. The van der Waals surface area contributed by atoms with Gasteiger partial charge in [-0.25, -0.2) is 0 Å². The molecule has 0 bridgehead atoms. The Morgan fingerprint density at radius 3 is 2.77 bits per heavy atom. The summed E-state index contributed by atoms with van der Waals surface area (Å²) in [5.41, 5.74) is 4.21. The molecule has 1 aromatic heterocycles. The standard InChI is InChI=1S/C17H17N3OS/c1-3-11(2)13-6-4-5-7-14(13)18-17(21)12-8-9-15-16(10-12)20-22-19-15/h4-11H,3H2,1-2H3,(H,18,21)/t11-/m0/s1. The molecular formula is C17H17N3OS. The molecule has 2 aromatic carbocycles. The number of fused-ring (bicyclic) bond motifs is 1. The predicted molar refractivity (Wildman–Crippen MR) is 90.5 cm³/mol. The zero-order chi connectivity index (χ0) is 15.5. The largest absolute Gasteiger partial charge is 0.322 e. The van der Waals surface area contributed by atoms with Crippen LogP contribution < -0.4 is 5.32 Å². The summed E-state index contributed by atoms with van der Waals surface area (Å²) >= 11 is 1.15. The number of carbonyl (C=O) groups is 1. The minimum Gasteiger partial charge on any atom is -0.322 e. The molecule has 0 radical (unpaired) electrons. The van der Waals surface area contributed by atoms with Crippen molar-refractivity contribution in [1.82, 2.24) is 8.75 Å². The predicted octanol–water partition coefficient (Wildman–Crippen LogP) is 4.46. The van der Waals surface area contributed by atoms with Crippen LogP contribution in [0.2, 0.25) is 0 Å². The maximum atomic E-state index is 12.5. The fourth-order valence-corrected chi connectivity index (χ4v) is 2.90. The van der Waals surface area contributed by atoms with E-state index in [0.29, 0.717) is 11.5 Å². The van der Waals surface area contributed by atoms with Gasteiger partial charge >= 0.3 is 0 Å². The van der Waals surface area contributed by atoms with Crippen LogP contribution in [-0.4, -0.2) is 14.7 Å². The summed E-state index contributed by atoms with van der Waals surface area (Å²) in [6, 6.07) is 13.3.